The largest absolute Gasteiger partial charge is 0.456 e. The smallest absolute Gasteiger partial charge is 0.137 e. The molecule has 0 unspecified atom stereocenters. The van der Waals surface area contributed by atoms with E-state index in [1.807, 2.05) is 6.07 Å². The van der Waals surface area contributed by atoms with Gasteiger partial charge in [-0.05, 0) is 100 Å². The number of benzene rings is 9. The zero-order chi connectivity index (χ0) is 37.5. The summed E-state index contributed by atoms with van der Waals surface area (Å²) >= 11 is 0. The molecule has 0 radical (unpaired) electrons. The minimum Gasteiger partial charge on any atom is -0.456 e. The van der Waals surface area contributed by atoms with Crippen LogP contribution in [0.3, 0.4) is 0 Å². The van der Waals surface area contributed by atoms with E-state index >= 15 is 0 Å². The molecule has 0 atom stereocenters. The van der Waals surface area contributed by atoms with E-state index in [0.717, 1.165) is 33.3 Å². The van der Waals surface area contributed by atoms with Crippen molar-refractivity contribution in [3.8, 4) is 44.8 Å². The second-order valence-electron chi connectivity index (χ2n) is 14.9. The molecule has 0 bridgehead atoms. The molecule has 9 aromatic carbocycles. The van der Waals surface area contributed by atoms with Crippen molar-refractivity contribution in [1.29, 1.82) is 0 Å². The standard InChI is InChI=1S/C54H34N2O/c1-3-12-35(13-4-1)37-22-27-41(28-23-37)55-48-30-25-38(33-46(48)43-29-24-40(34-51(43)55)36-14-5-2-6-15-36)39-26-31-49-45(32-39)42-16-7-9-18-47(42)56(49)50-19-11-21-53-54(50)44-17-8-10-20-52(44)57-53/h1-34H. The number of rotatable bonds is 5. The lowest BCUT2D eigenvalue weighted by Crippen LogP contribution is -1.94. The lowest BCUT2D eigenvalue weighted by atomic mass is 9.99. The van der Waals surface area contributed by atoms with Crippen LogP contribution in [0.4, 0.5) is 0 Å². The van der Waals surface area contributed by atoms with Gasteiger partial charge in [0.25, 0.3) is 0 Å². The van der Waals surface area contributed by atoms with Crippen LogP contribution in [-0.2, 0) is 0 Å². The normalized spacial score (nSPS) is 11.9. The topological polar surface area (TPSA) is 23.0 Å². The number of para-hydroxylation sites is 2. The van der Waals surface area contributed by atoms with Gasteiger partial charge in [0.05, 0.1) is 33.1 Å². The average Bonchev–Trinajstić information content (AvgIpc) is 3.94. The van der Waals surface area contributed by atoms with Crippen LogP contribution in [0.5, 0.6) is 0 Å². The average molecular weight is 727 g/mol. The molecule has 266 valence electrons. The first-order valence-corrected chi connectivity index (χ1v) is 19.5. The molecule has 0 N–H and O–H groups in total. The van der Waals surface area contributed by atoms with Crippen LogP contribution >= 0.6 is 0 Å². The van der Waals surface area contributed by atoms with Crippen molar-refractivity contribution in [2.75, 3.05) is 0 Å². The van der Waals surface area contributed by atoms with Crippen LogP contribution in [0.1, 0.15) is 0 Å². The van der Waals surface area contributed by atoms with Gasteiger partial charge in [-0.2, -0.15) is 0 Å². The highest BCUT2D eigenvalue weighted by molar-refractivity contribution is 6.16. The molecule has 0 spiro atoms. The number of furan rings is 1. The zero-order valence-electron chi connectivity index (χ0n) is 30.9. The van der Waals surface area contributed by atoms with E-state index in [0.29, 0.717) is 0 Å². The Balaban J connectivity index is 1.04. The molecule has 0 fully saturated rings. The van der Waals surface area contributed by atoms with Gasteiger partial charge < -0.3 is 13.6 Å². The van der Waals surface area contributed by atoms with Gasteiger partial charge in [-0.3, -0.25) is 0 Å². The number of nitrogens with zero attached hydrogens (tertiary/aromatic N) is 2. The molecule has 12 rings (SSSR count). The highest BCUT2D eigenvalue weighted by Gasteiger charge is 2.19. The van der Waals surface area contributed by atoms with Gasteiger partial charge in [-0.15, -0.1) is 0 Å². The van der Waals surface area contributed by atoms with Crippen LogP contribution < -0.4 is 0 Å². The molecule has 3 aromatic heterocycles. The van der Waals surface area contributed by atoms with E-state index in [4.69, 9.17) is 4.42 Å². The van der Waals surface area contributed by atoms with E-state index in [-0.39, 0.29) is 0 Å². The molecular formula is C54H34N2O. The monoisotopic (exact) mass is 726 g/mol. The third-order valence-corrected chi connectivity index (χ3v) is 11.7. The summed E-state index contributed by atoms with van der Waals surface area (Å²) in [5, 5.41) is 7.17. The SMILES string of the molecule is c1ccc(-c2ccc(-n3c4ccc(-c5ccc6c(c5)c5ccccc5n6-c5cccc6oc7ccccc7c56)cc4c4ccc(-c5ccccc5)cc43)cc2)cc1. The number of hydrogen-bond acceptors (Lipinski definition) is 1. The van der Waals surface area contributed by atoms with Crippen molar-refractivity contribution in [2.45, 2.75) is 0 Å². The second-order valence-corrected chi connectivity index (χ2v) is 14.9. The molecule has 0 aliphatic heterocycles. The summed E-state index contributed by atoms with van der Waals surface area (Å²) in [5.74, 6) is 0. The number of fused-ring (bicyclic) bond motifs is 9. The first-order chi connectivity index (χ1) is 28.3. The highest BCUT2D eigenvalue weighted by atomic mass is 16.3. The van der Waals surface area contributed by atoms with E-state index in [9.17, 15) is 0 Å². The molecule has 0 aliphatic rings. The fourth-order valence-electron chi connectivity index (χ4n) is 9.08. The summed E-state index contributed by atoms with van der Waals surface area (Å²) in [6, 6.07) is 74.5. The zero-order valence-corrected chi connectivity index (χ0v) is 30.9. The summed E-state index contributed by atoms with van der Waals surface area (Å²) in [6.07, 6.45) is 0. The van der Waals surface area contributed by atoms with Crippen LogP contribution in [-0.4, -0.2) is 9.13 Å². The summed E-state index contributed by atoms with van der Waals surface area (Å²) < 4.78 is 11.2. The van der Waals surface area contributed by atoms with Crippen molar-refractivity contribution in [1.82, 2.24) is 9.13 Å². The van der Waals surface area contributed by atoms with E-state index in [2.05, 4.69) is 209 Å². The Bertz CT molecular complexity index is 3490. The Kier molecular flexibility index (Phi) is 6.93. The van der Waals surface area contributed by atoms with Gasteiger partial charge in [0.1, 0.15) is 11.2 Å². The number of hydrogen-bond donors (Lipinski definition) is 0. The first-order valence-electron chi connectivity index (χ1n) is 19.5. The van der Waals surface area contributed by atoms with Crippen LogP contribution in [0, 0.1) is 0 Å². The predicted octanol–water partition coefficient (Wildman–Crippen LogP) is 14.8. The van der Waals surface area contributed by atoms with Crippen molar-refractivity contribution in [3.05, 3.63) is 206 Å². The highest BCUT2D eigenvalue weighted by Crippen LogP contribution is 2.41. The van der Waals surface area contributed by atoms with Crippen molar-refractivity contribution in [3.63, 3.8) is 0 Å². The quantitative estimate of drug-likeness (QED) is 0.173. The number of aromatic nitrogens is 2. The second kappa shape index (κ2) is 12.5. The van der Waals surface area contributed by atoms with Gasteiger partial charge in [-0.25, -0.2) is 0 Å². The lowest BCUT2D eigenvalue weighted by molar-refractivity contribution is 0.669. The van der Waals surface area contributed by atoms with Crippen LogP contribution in [0.25, 0.3) is 110 Å². The van der Waals surface area contributed by atoms with Gasteiger partial charge in [-0.1, -0.05) is 140 Å². The fourth-order valence-corrected chi connectivity index (χ4v) is 9.08. The van der Waals surface area contributed by atoms with Crippen molar-refractivity contribution >= 4 is 65.6 Å². The van der Waals surface area contributed by atoms with E-state index in [1.165, 1.54) is 77.0 Å². The Morgan fingerprint density at radius 1 is 0.281 bits per heavy atom. The molecule has 0 amide bonds. The fraction of sp³-hybridized carbons (Fsp3) is 0. The molecule has 3 heterocycles. The first kappa shape index (κ1) is 31.7. The van der Waals surface area contributed by atoms with Crippen molar-refractivity contribution < 1.29 is 4.42 Å². The van der Waals surface area contributed by atoms with Gasteiger partial charge in [0, 0.05) is 32.6 Å². The molecule has 57 heavy (non-hydrogen) atoms. The Labute approximate surface area is 328 Å². The molecule has 3 heteroatoms. The molecule has 0 aliphatic carbocycles. The molecule has 0 saturated carbocycles. The Morgan fingerprint density at radius 3 is 1.53 bits per heavy atom. The molecule has 3 nitrogen and oxygen atoms in total. The lowest BCUT2D eigenvalue weighted by Gasteiger charge is -2.11. The van der Waals surface area contributed by atoms with Crippen molar-refractivity contribution in [2.24, 2.45) is 0 Å². The summed E-state index contributed by atoms with van der Waals surface area (Å²) in [5.41, 5.74) is 16.0. The Morgan fingerprint density at radius 2 is 0.789 bits per heavy atom. The minimum atomic E-state index is 0.895. The molecule has 0 saturated heterocycles. The maximum Gasteiger partial charge on any atom is 0.137 e. The maximum absolute atomic E-state index is 6.33. The van der Waals surface area contributed by atoms with Gasteiger partial charge in [0.2, 0.25) is 0 Å². The summed E-state index contributed by atoms with van der Waals surface area (Å²) in [7, 11) is 0. The van der Waals surface area contributed by atoms with Gasteiger partial charge >= 0.3 is 0 Å². The van der Waals surface area contributed by atoms with E-state index in [1.54, 1.807) is 0 Å². The minimum absolute atomic E-state index is 0.895. The summed E-state index contributed by atoms with van der Waals surface area (Å²) in [4.78, 5) is 0. The Hall–Kier alpha value is -7.62. The molecule has 12 aromatic rings. The van der Waals surface area contributed by atoms with Gasteiger partial charge in [0.15, 0.2) is 0 Å². The van der Waals surface area contributed by atoms with Crippen LogP contribution in [0.15, 0.2) is 211 Å². The maximum atomic E-state index is 6.33. The summed E-state index contributed by atoms with van der Waals surface area (Å²) in [6.45, 7) is 0. The molecular weight excluding hydrogens is 693 g/mol. The predicted molar refractivity (Wildman–Crippen MR) is 239 cm³/mol. The van der Waals surface area contributed by atoms with Crippen LogP contribution in [0.2, 0.25) is 0 Å². The third-order valence-electron chi connectivity index (χ3n) is 11.7. The van der Waals surface area contributed by atoms with E-state index < -0.39 is 0 Å². The third kappa shape index (κ3) is 4.92.